The molecule has 1 aromatic heterocycles. The average molecular weight is 264 g/mol. The van der Waals surface area contributed by atoms with Crippen LogP contribution in [0.2, 0.25) is 0 Å². The molecule has 0 saturated carbocycles. The summed E-state index contributed by atoms with van der Waals surface area (Å²) in [7, 11) is 0. The Labute approximate surface area is 115 Å². The maximum Gasteiger partial charge on any atom is 0.149 e. The van der Waals surface area contributed by atoms with Crippen molar-refractivity contribution in [3.8, 4) is 0 Å². The van der Waals surface area contributed by atoms with Crippen LogP contribution in [0.5, 0.6) is 0 Å². The van der Waals surface area contributed by atoms with Gasteiger partial charge in [0.05, 0.1) is 24.9 Å². The second-order valence-electron chi connectivity index (χ2n) is 5.24. The first-order chi connectivity index (χ1) is 8.99. The van der Waals surface area contributed by atoms with Crippen LogP contribution in [0.4, 0.5) is 0 Å². The summed E-state index contributed by atoms with van der Waals surface area (Å²) < 4.78 is 5.48. The third-order valence-corrected chi connectivity index (χ3v) is 2.72. The highest BCUT2D eigenvalue weighted by Crippen LogP contribution is 2.03. The largest absolute Gasteiger partial charge is 0.373 e. The fourth-order valence-electron chi connectivity index (χ4n) is 1.43. The molecule has 0 saturated heterocycles. The molecule has 0 aliphatic carbocycles. The van der Waals surface area contributed by atoms with Gasteiger partial charge >= 0.3 is 0 Å². The molecule has 0 atom stereocenters. The van der Waals surface area contributed by atoms with E-state index >= 15 is 0 Å². The van der Waals surface area contributed by atoms with E-state index < -0.39 is 0 Å². The molecule has 0 unspecified atom stereocenters. The zero-order chi connectivity index (χ0) is 14.3. The highest BCUT2D eigenvalue weighted by Gasteiger charge is 2.06. The molecular formula is C15H24N2O2. The van der Waals surface area contributed by atoms with Crippen LogP contribution in [0.15, 0.2) is 18.3 Å². The van der Waals surface area contributed by atoms with Crippen LogP contribution in [-0.4, -0.2) is 23.4 Å². The van der Waals surface area contributed by atoms with E-state index in [1.165, 1.54) is 0 Å². The first kappa shape index (κ1) is 15.8. The number of carbonyl (C=O) groups is 1. The van der Waals surface area contributed by atoms with Gasteiger partial charge < -0.3 is 10.1 Å². The van der Waals surface area contributed by atoms with Crippen molar-refractivity contribution in [2.45, 2.75) is 47.0 Å². The van der Waals surface area contributed by atoms with Gasteiger partial charge in [-0.1, -0.05) is 19.9 Å². The van der Waals surface area contributed by atoms with Crippen molar-refractivity contribution in [1.29, 1.82) is 0 Å². The molecule has 1 heterocycles. The number of Topliss-reactive ketones (excluding diaryl/α,β-unsaturated/α-hetero) is 1. The molecule has 0 amide bonds. The number of rotatable bonds is 8. The van der Waals surface area contributed by atoms with E-state index in [0.717, 1.165) is 11.3 Å². The number of ether oxygens (including phenoxy) is 1. The number of hydrogen-bond acceptors (Lipinski definition) is 4. The molecule has 19 heavy (non-hydrogen) atoms. The molecule has 0 spiro atoms. The van der Waals surface area contributed by atoms with Gasteiger partial charge in [-0.3, -0.25) is 9.78 Å². The van der Waals surface area contributed by atoms with Crippen molar-refractivity contribution >= 4 is 5.78 Å². The minimum atomic E-state index is 0.0844. The number of ketones is 1. The molecule has 0 aromatic carbocycles. The van der Waals surface area contributed by atoms with Gasteiger partial charge in [0.1, 0.15) is 5.78 Å². The molecule has 0 radical (unpaired) electrons. The molecule has 1 rings (SSSR count). The monoisotopic (exact) mass is 264 g/mol. The number of nitrogens with one attached hydrogen (secondary N) is 1. The van der Waals surface area contributed by atoms with Gasteiger partial charge in [0.25, 0.3) is 0 Å². The fraction of sp³-hybridized carbons (Fsp3) is 0.600. The Bertz CT molecular complexity index is 386. The summed E-state index contributed by atoms with van der Waals surface area (Å²) in [6, 6.07) is 3.97. The lowest BCUT2D eigenvalue weighted by molar-refractivity contribution is -0.121. The van der Waals surface area contributed by atoms with Gasteiger partial charge in [-0.15, -0.1) is 0 Å². The number of pyridine rings is 1. The Morgan fingerprint density at radius 3 is 2.58 bits per heavy atom. The molecule has 0 aliphatic heterocycles. The van der Waals surface area contributed by atoms with Crippen LogP contribution in [0.3, 0.4) is 0 Å². The third kappa shape index (κ3) is 6.45. The summed E-state index contributed by atoms with van der Waals surface area (Å²) in [5.41, 5.74) is 2.00. The standard InChI is InChI=1S/C15H24N2O2/c1-11(2)15(18)9-16-7-13-5-6-14(17-8-13)10-19-12(3)4/h5-6,8,11-12,16H,7,9-10H2,1-4H3. The minimum absolute atomic E-state index is 0.0844. The fourth-order valence-corrected chi connectivity index (χ4v) is 1.43. The first-order valence-corrected chi connectivity index (χ1v) is 6.78. The highest BCUT2D eigenvalue weighted by atomic mass is 16.5. The zero-order valence-corrected chi connectivity index (χ0v) is 12.3. The minimum Gasteiger partial charge on any atom is -0.373 e. The number of hydrogen-bond donors (Lipinski definition) is 1. The van der Waals surface area contributed by atoms with E-state index in [9.17, 15) is 4.79 Å². The lowest BCUT2D eigenvalue weighted by Gasteiger charge is -2.08. The normalized spacial score (nSPS) is 11.3. The van der Waals surface area contributed by atoms with E-state index in [2.05, 4.69) is 10.3 Å². The van der Waals surface area contributed by atoms with Gasteiger partial charge in [-0.2, -0.15) is 0 Å². The van der Waals surface area contributed by atoms with Crippen LogP contribution in [0.25, 0.3) is 0 Å². The zero-order valence-electron chi connectivity index (χ0n) is 12.3. The maximum absolute atomic E-state index is 11.4. The predicted molar refractivity (Wildman–Crippen MR) is 75.7 cm³/mol. The Balaban J connectivity index is 2.34. The van der Waals surface area contributed by atoms with Gasteiger partial charge in [0.15, 0.2) is 0 Å². The van der Waals surface area contributed by atoms with Crippen LogP contribution in [0.1, 0.15) is 39.0 Å². The second kappa shape index (κ2) is 8.02. The summed E-state index contributed by atoms with van der Waals surface area (Å²) in [6.45, 7) is 9.45. The molecule has 0 fully saturated rings. The molecule has 0 bridgehead atoms. The number of nitrogens with zero attached hydrogens (tertiary/aromatic N) is 1. The Kier molecular flexibility index (Phi) is 6.67. The van der Waals surface area contributed by atoms with Crippen molar-refractivity contribution in [2.75, 3.05) is 6.54 Å². The molecule has 0 aliphatic rings. The van der Waals surface area contributed by atoms with Gasteiger partial charge in [0, 0.05) is 18.7 Å². The molecule has 4 nitrogen and oxygen atoms in total. The van der Waals surface area contributed by atoms with Crippen LogP contribution < -0.4 is 5.32 Å². The number of carbonyl (C=O) groups excluding carboxylic acids is 1. The molecular weight excluding hydrogens is 240 g/mol. The Morgan fingerprint density at radius 2 is 2.05 bits per heavy atom. The van der Waals surface area contributed by atoms with E-state index in [4.69, 9.17) is 4.74 Å². The molecule has 4 heteroatoms. The summed E-state index contributed by atoms with van der Waals surface area (Å²) in [5.74, 6) is 0.316. The van der Waals surface area contributed by atoms with Crippen molar-refractivity contribution < 1.29 is 9.53 Å². The highest BCUT2D eigenvalue weighted by molar-refractivity contribution is 5.82. The van der Waals surface area contributed by atoms with Crippen molar-refractivity contribution in [3.63, 3.8) is 0 Å². The van der Waals surface area contributed by atoms with E-state index in [1.807, 2.05) is 46.0 Å². The number of aromatic nitrogens is 1. The lowest BCUT2D eigenvalue weighted by Crippen LogP contribution is -2.25. The van der Waals surface area contributed by atoms with E-state index in [1.54, 1.807) is 0 Å². The topological polar surface area (TPSA) is 51.2 Å². The summed E-state index contributed by atoms with van der Waals surface area (Å²) in [4.78, 5) is 15.8. The van der Waals surface area contributed by atoms with Crippen LogP contribution in [-0.2, 0) is 22.7 Å². The molecule has 1 N–H and O–H groups in total. The van der Waals surface area contributed by atoms with Crippen molar-refractivity contribution in [1.82, 2.24) is 10.3 Å². The average Bonchev–Trinajstić information content (AvgIpc) is 2.37. The Morgan fingerprint density at radius 1 is 1.32 bits per heavy atom. The van der Waals surface area contributed by atoms with Crippen molar-refractivity contribution in [3.05, 3.63) is 29.6 Å². The molecule has 106 valence electrons. The summed E-state index contributed by atoms with van der Waals surface area (Å²) >= 11 is 0. The van der Waals surface area contributed by atoms with Crippen LogP contribution in [0, 0.1) is 5.92 Å². The van der Waals surface area contributed by atoms with Gasteiger partial charge in [-0.25, -0.2) is 0 Å². The maximum atomic E-state index is 11.4. The van der Waals surface area contributed by atoms with E-state index in [-0.39, 0.29) is 17.8 Å². The summed E-state index contributed by atoms with van der Waals surface area (Å²) in [6.07, 6.45) is 2.04. The van der Waals surface area contributed by atoms with Gasteiger partial charge in [-0.05, 0) is 25.5 Å². The van der Waals surface area contributed by atoms with Gasteiger partial charge in [0.2, 0.25) is 0 Å². The van der Waals surface area contributed by atoms with Crippen molar-refractivity contribution in [2.24, 2.45) is 5.92 Å². The van der Waals surface area contributed by atoms with E-state index in [0.29, 0.717) is 19.7 Å². The SMILES string of the molecule is CC(C)OCc1ccc(CNCC(=O)C(C)C)cn1. The smallest absolute Gasteiger partial charge is 0.149 e. The quantitative estimate of drug-likeness (QED) is 0.783. The first-order valence-electron chi connectivity index (χ1n) is 6.78. The lowest BCUT2D eigenvalue weighted by atomic mass is 10.1. The Hall–Kier alpha value is -1.26. The van der Waals surface area contributed by atoms with Crippen LogP contribution >= 0.6 is 0 Å². The predicted octanol–water partition coefficient (Wildman–Crippen LogP) is 2.32. The summed E-state index contributed by atoms with van der Waals surface area (Å²) in [5, 5.41) is 3.13. The second-order valence-corrected chi connectivity index (χ2v) is 5.24. The molecule has 1 aromatic rings. The third-order valence-electron chi connectivity index (χ3n) is 2.72.